The van der Waals surface area contributed by atoms with Crippen molar-refractivity contribution >= 4 is 5.91 Å². The van der Waals surface area contributed by atoms with Gasteiger partial charge in [0.1, 0.15) is 6.54 Å². The topological polar surface area (TPSA) is 20.3 Å². The van der Waals surface area contributed by atoms with Gasteiger partial charge in [0.05, 0.1) is 0 Å². The van der Waals surface area contributed by atoms with E-state index in [1.165, 1.54) is 0 Å². The van der Waals surface area contributed by atoms with Gasteiger partial charge in [-0.2, -0.15) is 13.2 Å². The molecular weight excluding hydrogens is 231 g/mol. The van der Waals surface area contributed by atoms with Gasteiger partial charge in [-0.1, -0.05) is 20.8 Å². The average molecular weight is 251 g/mol. The van der Waals surface area contributed by atoms with E-state index in [2.05, 4.69) is 0 Å². The van der Waals surface area contributed by atoms with E-state index < -0.39 is 24.0 Å². The number of alkyl halides is 3. The van der Waals surface area contributed by atoms with Crippen molar-refractivity contribution in [3.63, 3.8) is 0 Å². The maximum Gasteiger partial charge on any atom is 0.406 e. The van der Waals surface area contributed by atoms with Crippen LogP contribution >= 0.6 is 0 Å². The smallest absolute Gasteiger partial charge is 0.330 e. The number of amides is 1. The van der Waals surface area contributed by atoms with Gasteiger partial charge in [-0.3, -0.25) is 4.79 Å². The lowest BCUT2D eigenvalue weighted by Crippen LogP contribution is -2.49. The van der Waals surface area contributed by atoms with E-state index >= 15 is 0 Å². The van der Waals surface area contributed by atoms with Crippen molar-refractivity contribution in [3.8, 4) is 0 Å². The predicted molar refractivity (Wildman–Crippen MR) is 59.4 cm³/mol. The molecule has 5 heteroatoms. The molecule has 1 atom stereocenters. The molecule has 0 N–H and O–H groups in total. The van der Waals surface area contributed by atoms with Gasteiger partial charge in [-0.25, -0.2) is 0 Å². The quantitative estimate of drug-likeness (QED) is 0.754. The largest absolute Gasteiger partial charge is 0.406 e. The summed E-state index contributed by atoms with van der Waals surface area (Å²) in [6.07, 6.45) is -2.48. The van der Waals surface area contributed by atoms with Crippen LogP contribution in [0.5, 0.6) is 0 Å². The van der Waals surface area contributed by atoms with E-state index in [0.29, 0.717) is 0 Å². The minimum Gasteiger partial charge on any atom is -0.330 e. The lowest BCUT2D eigenvalue weighted by molar-refractivity contribution is -0.171. The summed E-state index contributed by atoms with van der Waals surface area (Å²) in [4.78, 5) is 13.0. The highest BCUT2D eigenvalue weighted by molar-refractivity contribution is 5.81. The van der Waals surface area contributed by atoms with E-state index in [1.807, 2.05) is 0 Å². The molecule has 0 aromatic rings. The van der Waals surface area contributed by atoms with Gasteiger partial charge in [0, 0.05) is 11.5 Å². The first-order valence-electron chi connectivity index (χ1n) is 5.90. The number of halogens is 3. The fourth-order valence-electron chi connectivity index (χ4n) is 1.86. The first-order valence-corrected chi connectivity index (χ1v) is 5.90. The fraction of sp³-hybridized carbons (Fsp3) is 0.917. The Labute approximate surface area is 100 Å². The highest BCUT2D eigenvalue weighted by atomic mass is 19.4. The van der Waals surface area contributed by atoms with Crippen LogP contribution in [-0.2, 0) is 4.79 Å². The Morgan fingerprint density at radius 2 is 1.76 bits per heavy atom. The molecule has 0 radical (unpaired) electrons. The second-order valence-corrected chi connectivity index (χ2v) is 5.88. The van der Waals surface area contributed by atoms with Gasteiger partial charge in [0.25, 0.3) is 0 Å². The number of hydrogen-bond acceptors (Lipinski definition) is 1. The van der Waals surface area contributed by atoms with E-state index in [0.717, 1.165) is 17.7 Å². The van der Waals surface area contributed by atoms with Crippen molar-refractivity contribution in [2.24, 2.45) is 11.3 Å². The zero-order chi connectivity index (χ0) is 13.4. The maximum atomic E-state index is 12.5. The molecule has 2 nitrogen and oxygen atoms in total. The molecule has 1 aliphatic carbocycles. The summed E-state index contributed by atoms with van der Waals surface area (Å²) in [7, 11) is 0. The Balaban J connectivity index is 2.81. The molecule has 0 saturated heterocycles. The molecule has 1 rings (SSSR count). The van der Waals surface area contributed by atoms with Crippen molar-refractivity contribution in [1.29, 1.82) is 0 Å². The zero-order valence-corrected chi connectivity index (χ0v) is 10.8. The maximum absolute atomic E-state index is 12.5. The molecule has 1 amide bonds. The van der Waals surface area contributed by atoms with Gasteiger partial charge in [0.15, 0.2) is 0 Å². The van der Waals surface area contributed by atoms with Crippen molar-refractivity contribution in [1.82, 2.24) is 4.90 Å². The lowest BCUT2D eigenvalue weighted by Gasteiger charge is -2.35. The summed E-state index contributed by atoms with van der Waals surface area (Å²) in [6.45, 7) is 5.53. The van der Waals surface area contributed by atoms with E-state index in [4.69, 9.17) is 0 Å². The lowest BCUT2D eigenvalue weighted by atomic mass is 9.93. The van der Waals surface area contributed by atoms with Crippen molar-refractivity contribution < 1.29 is 18.0 Å². The molecule has 1 saturated carbocycles. The number of rotatable bonds is 3. The summed E-state index contributed by atoms with van der Waals surface area (Å²) in [5.74, 6) is -0.183. The third kappa shape index (κ3) is 4.21. The van der Waals surface area contributed by atoms with Gasteiger partial charge in [-0.05, 0) is 25.7 Å². The summed E-state index contributed by atoms with van der Waals surface area (Å²) in [5.41, 5.74) is -0.769. The third-order valence-corrected chi connectivity index (χ3v) is 3.05. The SMILES string of the molecule is CC(C1CC1)N(CC(F)(F)F)C(=O)C(C)(C)C. The highest BCUT2D eigenvalue weighted by Gasteiger charge is 2.42. The van der Waals surface area contributed by atoms with Crippen LogP contribution in [0.3, 0.4) is 0 Å². The van der Waals surface area contributed by atoms with Crippen molar-refractivity contribution in [2.75, 3.05) is 6.54 Å². The Kier molecular flexibility index (Phi) is 3.79. The molecule has 0 aliphatic heterocycles. The van der Waals surface area contributed by atoms with Crippen LogP contribution in [0.4, 0.5) is 13.2 Å². The molecule has 0 aromatic heterocycles. The monoisotopic (exact) mass is 251 g/mol. The van der Waals surface area contributed by atoms with Crippen LogP contribution in [-0.4, -0.2) is 29.6 Å². The van der Waals surface area contributed by atoms with Crippen LogP contribution in [0.2, 0.25) is 0 Å². The van der Waals surface area contributed by atoms with E-state index in [-0.39, 0.29) is 12.0 Å². The summed E-state index contributed by atoms with van der Waals surface area (Å²) >= 11 is 0. The van der Waals surface area contributed by atoms with E-state index in [9.17, 15) is 18.0 Å². The Bertz CT molecular complexity index is 289. The first-order chi connectivity index (χ1) is 7.52. The zero-order valence-electron chi connectivity index (χ0n) is 10.8. The molecular formula is C12H20F3NO. The number of carbonyl (C=O) groups excluding carboxylic acids is 1. The molecule has 0 bridgehead atoms. The molecule has 1 fully saturated rings. The van der Waals surface area contributed by atoms with E-state index in [1.54, 1.807) is 27.7 Å². The Morgan fingerprint density at radius 3 is 2.06 bits per heavy atom. The van der Waals surface area contributed by atoms with Crippen molar-refractivity contribution in [2.45, 2.75) is 52.8 Å². The molecule has 0 heterocycles. The fourth-order valence-corrected chi connectivity index (χ4v) is 1.86. The van der Waals surface area contributed by atoms with Crippen LogP contribution in [0.25, 0.3) is 0 Å². The summed E-state index contributed by atoms with van der Waals surface area (Å²) < 4.78 is 37.5. The Hall–Kier alpha value is -0.740. The van der Waals surface area contributed by atoms with Crippen LogP contribution in [0.1, 0.15) is 40.5 Å². The highest BCUT2D eigenvalue weighted by Crippen LogP contribution is 2.37. The second-order valence-electron chi connectivity index (χ2n) is 5.88. The molecule has 1 aliphatic rings. The van der Waals surface area contributed by atoms with Gasteiger partial charge in [0.2, 0.25) is 5.91 Å². The molecule has 0 spiro atoms. The molecule has 1 unspecified atom stereocenters. The predicted octanol–water partition coefficient (Wildman–Crippen LogP) is 3.22. The van der Waals surface area contributed by atoms with Gasteiger partial charge in [-0.15, -0.1) is 0 Å². The first kappa shape index (κ1) is 14.3. The van der Waals surface area contributed by atoms with Gasteiger partial charge >= 0.3 is 6.18 Å². The minimum atomic E-state index is -4.33. The molecule has 17 heavy (non-hydrogen) atoms. The van der Waals surface area contributed by atoms with Gasteiger partial charge < -0.3 is 4.90 Å². The normalized spacial score (nSPS) is 19.0. The molecule has 100 valence electrons. The number of nitrogens with zero attached hydrogens (tertiary/aromatic N) is 1. The standard InChI is InChI=1S/C12H20F3NO/c1-8(9-5-6-9)16(7-12(13,14)15)10(17)11(2,3)4/h8-9H,5-7H2,1-4H3. The van der Waals surface area contributed by atoms with Crippen LogP contribution in [0.15, 0.2) is 0 Å². The second kappa shape index (κ2) is 4.50. The van der Waals surface area contributed by atoms with Crippen LogP contribution < -0.4 is 0 Å². The van der Waals surface area contributed by atoms with Crippen molar-refractivity contribution in [3.05, 3.63) is 0 Å². The molecule has 0 aromatic carbocycles. The van der Waals surface area contributed by atoms with Crippen LogP contribution in [0, 0.1) is 11.3 Å². The average Bonchev–Trinajstić information content (AvgIpc) is 2.91. The minimum absolute atomic E-state index is 0.239. The number of hydrogen-bond donors (Lipinski definition) is 0. The number of carbonyl (C=O) groups is 1. The Morgan fingerprint density at radius 1 is 1.29 bits per heavy atom. The third-order valence-electron chi connectivity index (χ3n) is 3.05. The summed E-state index contributed by atoms with van der Waals surface area (Å²) in [6, 6.07) is -0.316. The summed E-state index contributed by atoms with van der Waals surface area (Å²) in [5, 5.41) is 0.